The zero-order valence-corrected chi connectivity index (χ0v) is 18.5. The maximum absolute atomic E-state index is 13.2. The molecule has 0 aliphatic carbocycles. The van der Waals surface area contributed by atoms with E-state index in [1.807, 2.05) is 6.92 Å². The number of para-hydroxylation sites is 1. The molecule has 2 aromatic carbocycles. The van der Waals surface area contributed by atoms with Crippen LogP contribution in [0.15, 0.2) is 54.7 Å². The number of rotatable bonds is 7. The summed E-state index contributed by atoms with van der Waals surface area (Å²) in [4.78, 5) is 25.3. The average Bonchev–Trinajstić information content (AvgIpc) is 3.15. The number of anilines is 1. The first-order valence-corrected chi connectivity index (χ1v) is 11.5. The molecule has 164 valence electrons. The minimum atomic E-state index is -3.38. The normalized spacial score (nSPS) is 12.4. The topological polar surface area (TPSA) is 94.9 Å². The molecule has 0 saturated carbocycles. The molecule has 0 aliphatic rings. The lowest BCUT2D eigenvalue weighted by Gasteiger charge is -2.19. The highest BCUT2D eigenvalue weighted by atomic mass is 32.2. The van der Waals surface area contributed by atoms with Gasteiger partial charge >= 0.3 is 5.97 Å². The van der Waals surface area contributed by atoms with E-state index in [1.165, 1.54) is 24.9 Å². The summed E-state index contributed by atoms with van der Waals surface area (Å²) in [6, 6.07) is 13.5. The van der Waals surface area contributed by atoms with Crippen LogP contribution in [0.1, 0.15) is 28.5 Å². The zero-order valence-electron chi connectivity index (χ0n) is 17.7. The molecule has 0 saturated heterocycles. The van der Waals surface area contributed by atoms with Crippen LogP contribution in [-0.4, -0.2) is 51.4 Å². The molecule has 0 spiro atoms. The summed E-state index contributed by atoms with van der Waals surface area (Å²) >= 11 is 0. The fourth-order valence-electron chi connectivity index (χ4n) is 3.19. The smallest absolute Gasteiger partial charge is 0.340 e. The Labute approximate surface area is 181 Å². The molecular formula is C22H24N2O6S. The van der Waals surface area contributed by atoms with E-state index in [9.17, 15) is 18.0 Å². The average molecular weight is 445 g/mol. The van der Waals surface area contributed by atoms with Gasteiger partial charge in [-0.3, -0.25) is 13.7 Å². The van der Waals surface area contributed by atoms with Crippen molar-refractivity contribution >= 4 is 38.5 Å². The van der Waals surface area contributed by atoms with Gasteiger partial charge in [-0.05, 0) is 36.8 Å². The third-order valence-electron chi connectivity index (χ3n) is 4.98. The van der Waals surface area contributed by atoms with Crippen LogP contribution in [-0.2, 0) is 14.8 Å². The van der Waals surface area contributed by atoms with Crippen molar-refractivity contribution in [1.82, 2.24) is 4.57 Å². The molecule has 3 rings (SSSR count). The summed E-state index contributed by atoms with van der Waals surface area (Å²) in [7, 11) is -0.628. The lowest BCUT2D eigenvalue weighted by molar-refractivity contribution is 0.0602. The highest BCUT2D eigenvalue weighted by Gasteiger charge is 2.25. The Kier molecular flexibility index (Phi) is 6.35. The van der Waals surface area contributed by atoms with Crippen LogP contribution in [0, 0.1) is 0 Å². The number of hydrogen-bond donors (Lipinski definition) is 0. The predicted octanol–water partition coefficient (Wildman–Crippen LogP) is 3.32. The van der Waals surface area contributed by atoms with Crippen LogP contribution in [0.5, 0.6) is 5.75 Å². The summed E-state index contributed by atoms with van der Waals surface area (Å²) in [6.07, 6.45) is 2.17. The number of hydrogen-bond acceptors (Lipinski definition) is 6. The molecule has 0 aliphatic heterocycles. The lowest BCUT2D eigenvalue weighted by Crippen LogP contribution is -2.31. The molecule has 1 unspecified atom stereocenters. The minimum absolute atomic E-state index is 0.300. The van der Waals surface area contributed by atoms with Crippen molar-refractivity contribution in [1.29, 1.82) is 0 Å². The van der Waals surface area contributed by atoms with Crippen molar-refractivity contribution < 1.29 is 27.5 Å². The third kappa shape index (κ3) is 4.56. The van der Waals surface area contributed by atoms with Gasteiger partial charge in [-0.15, -0.1) is 0 Å². The molecule has 0 N–H and O–H groups in total. The van der Waals surface area contributed by atoms with Gasteiger partial charge in [0.2, 0.25) is 10.0 Å². The van der Waals surface area contributed by atoms with Crippen molar-refractivity contribution in [3.05, 3.63) is 60.3 Å². The molecule has 0 amide bonds. The number of aromatic nitrogens is 1. The highest BCUT2D eigenvalue weighted by Crippen LogP contribution is 2.25. The number of sulfonamides is 1. The first kappa shape index (κ1) is 22.4. The second-order valence-electron chi connectivity index (χ2n) is 7.00. The van der Waals surface area contributed by atoms with Crippen LogP contribution in [0.2, 0.25) is 0 Å². The first-order valence-electron chi connectivity index (χ1n) is 9.60. The summed E-state index contributed by atoms with van der Waals surface area (Å²) < 4.78 is 36.6. The second kappa shape index (κ2) is 8.81. The molecule has 9 heteroatoms. The molecule has 1 heterocycles. The summed E-state index contributed by atoms with van der Waals surface area (Å²) in [5.41, 5.74) is 1.36. The maximum atomic E-state index is 13.2. The van der Waals surface area contributed by atoms with E-state index in [0.29, 0.717) is 34.3 Å². The Morgan fingerprint density at radius 1 is 1.10 bits per heavy atom. The molecule has 0 radical (unpaired) electrons. The van der Waals surface area contributed by atoms with Gasteiger partial charge in [0, 0.05) is 18.6 Å². The van der Waals surface area contributed by atoms with E-state index in [2.05, 4.69) is 0 Å². The number of fused-ring (bicyclic) bond motifs is 1. The van der Waals surface area contributed by atoms with E-state index in [1.54, 1.807) is 48.5 Å². The molecule has 1 atom stereocenters. The van der Waals surface area contributed by atoms with Gasteiger partial charge in [-0.1, -0.05) is 25.1 Å². The zero-order chi connectivity index (χ0) is 22.8. The lowest BCUT2D eigenvalue weighted by atomic mass is 10.2. The van der Waals surface area contributed by atoms with Crippen molar-refractivity contribution in [2.75, 3.05) is 24.7 Å². The molecule has 8 nitrogen and oxygen atoms in total. The van der Waals surface area contributed by atoms with Crippen LogP contribution in [0.25, 0.3) is 10.9 Å². The van der Waals surface area contributed by atoms with Gasteiger partial charge < -0.3 is 9.47 Å². The molecule has 0 bridgehead atoms. The van der Waals surface area contributed by atoms with E-state index in [4.69, 9.17) is 9.47 Å². The fourth-order valence-corrected chi connectivity index (χ4v) is 3.69. The quantitative estimate of drug-likeness (QED) is 0.519. The Morgan fingerprint density at radius 3 is 2.32 bits per heavy atom. The number of methoxy groups -OCH3 is 1. The van der Waals surface area contributed by atoms with Crippen LogP contribution in [0.3, 0.4) is 0 Å². The fraction of sp³-hybridized carbons (Fsp3) is 0.273. The van der Waals surface area contributed by atoms with E-state index in [-0.39, 0.29) is 5.91 Å². The number of benzene rings is 2. The molecule has 0 fully saturated rings. The number of carbonyl (C=O) groups excluding carboxylic acids is 2. The van der Waals surface area contributed by atoms with Gasteiger partial charge in [0.25, 0.3) is 5.91 Å². The summed E-state index contributed by atoms with van der Waals surface area (Å²) in [5, 5.41) is 0.616. The molecule has 31 heavy (non-hydrogen) atoms. The Balaban J connectivity index is 1.88. The predicted molar refractivity (Wildman–Crippen MR) is 118 cm³/mol. The van der Waals surface area contributed by atoms with E-state index in [0.717, 1.165) is 10.6 Å². The van der Waals surface area contributed by atoms with Gasteiger partial charge in [0.1, 0.15) is 5.75 Å². The standard InChI is InChI=1S/C22H24N2O6S/c1-5-20(30-16-12-10-15(11-13-16)23(2)31(4,27)28)21(25)24-14-18(22(26)29-3)17-8-6-7-9-19(17)24/h6-14,20H,5H2,1-4H3. The molecular weight excluding hydrogens is 420 g/mol. The van der Waals surface area contributed by atoms with Gasteiger partial charge in [0.05, 0.1) is 30.1 Å². The van der Waals surface area contributed by atoms with Crippen LogP contribution < -0.4 is 9.04 Å². The van der Waals surface area contributed by atoms with E-state index < -0.39 is 22.1 Å². The summed E-state index contributed by atoms with van der Waals surface area (Å²) in [5.74, 6) is -0.427. The molecule has 3 aromatic rings. The summed E-state index contributed by atoms with van der Waals surface area (Å²) in [6.45, 7) is 1.82. The van der Waals surface area contributed by atoms with Gasteiger partial charge in [-0.2, -0.15) is 0 Å². The largest absolute Gasteiger partial charge is 0.481 e. The number of carbonyl (C=O) groups is 2. The van der Waals surface area contributed by atoms with Crippen molar-refractivity contribution in [2.45, 2.75) is 19.4 Å². The number of esters is 1. The van der Waals surface area contributed by atoms with Gasteiger partial charge in [-0.25, -0.2) is 13.2 Å². The van der Waals surface area contributed by atoms with Crippen molar-refractivity contribution in [3.8, 4) is 5.75 Å². The highest BCUT2D eigenvalue weighted by molar-refractivity contribution is 7.92. The molecule has 1 aromatic heterocycles. The van der Waals surface area contributed by atoms with Gasteiger partial charge in [0.15, 0.2) is 6.10 Å². The minimum Gasteiger partial charge on any atom is -0.481 e. The Hall–Kier alpha value is -3.33. The third-order valence-corrected chi connectivity index (χ3v) is 6.18. The first-order chi connectivity index (χ1) is 14.7. The van der Waals surface area contributed by atoms with Crippen LogP contribution >= 0.6 is 0 Å². The van der Waals surface area contributed by atoms with Crippen LogP contribution in [0.4, 0.5) is 5.69 Å². The monoisotopic (exact) mass is 444 g/mol. The number of ether oxygens (including phenoxy) is 2. The maximum Gasteiger partial charge on any atom is 0.340 e. The van der Waals surface area contributed by atoms with Crippen molar-refractivity contribution in [3.63, 3.8) is 0 Å². The second-order valence-corrected chi connectivity index (χ2v) is 9.01. The number of nitrogens with zero attached hydrogens (tertiary/aromatic N) is 2. The Bertz CT molecular complexity index is 1210. The van der Waals surface area contributed by atoms with E-state index >= 15 is 0 Å². The Morgan fingerprint density at radius 2 is 1.74 bits per heavy atom. The van der Waals surface area contributed by atoms with Crippen molar-refractivity contribution in [2.24, 2.45) is 0 Å². The SMILES string of the molecule is CCC(Oc1ccc(N(C)S(C)(=O)=O)cc1)C(=O)n1cc(C(=O)OC)c2ccccc21.